The van der Waals surface area contributed by atoms with E-state index >= 15 is 0 Å². The molecule has 1 amide bonds. The van der Waals surface area contributed by atoms with Crippen LogP contribution >= 0.6 is 15.9 Å². The molecule has 0 spiro atoms. The summed E-state index contributed by atoms with van der Waals surface area (Å²) in [6.45, 7) is 6.67. The van der Waals surface area contributed by atoms with Crippen LogP contribution in [0.3, 0.4) is 0 Å². The molecule has 0 saturated heterocycles. The first-order valence-corrected chi connectivity index (χ1v) is 6.55. The topological polar surface area (TPSA) is 20.3 Å². The highest BCUT2D eigenvalue weighted by atomic mass is 79.9. The van der Waals surface area contributed by atoms with Gasteiger partial charge in [-0.2, -0.15) is 0 Å². The summed E-state index contributed by atoms with van der Waals surface area (Å²) >= 11 is 3.22. The van der Waals surface area contributed by atoms with Crippen LogP contribution in [0.25, 0.3) is 0 Å². The van der Waals surface area contributed by atoms with Crippen molar-refractivity contribution in [1.29, 1.82) is 0 Å². The first kappa shape index (κ1) is 12.8. The average Bonchev–Trinajstić information content (AvgIpc) is 2.20. The summed E-state index contributed by atoms with van der Waals surface area (Å²) in [4.78, 5) is 13.4. The molecule has 0 aromatic rings. The number of hydrogen-bond acceptors (Lipinski definition) is 1. The van der Waals surface area contributed by atoms with E-state index in [-0.39, 0.29) is 11.3 Å². The second-order valence-corrected chi connectivity index (χ2v) is 5.46. The van der Waals surface area contributed by atoms with E-state index in [1.807, 2.05) is 11.9 Å². The van der Waals surface area contributed by atoms with Gasteiger partial charge in [-0.25, -0.2) is 0 Å². The molecule has 1 rings (SSSR count). The van der Waals surface area contributed by atoms with Crippen LogP contribution in [0.2, 0.25) is 0 Å². The molecule has 0 radical (unpaired) electrons. The lowest BCUT2D eigenvalue weighted by Crippen LogP contribution is -2.32. The molecule has 0 aromatic heterocycles. The van der Waals surface area contributed by atoms with E-state index in [0.29, 0.717) is 5.33 Å². The van der Waals surface area contributed by atoms with Gasteiger partial charge in [0.05, 0.1) is 5.33 Å². The van der Waals surface area contributed by atoms with Gasteiger partial charge in [0.2, 0.25) is 5.91 Å². The van der Waals surface area contributed by atoms with Gasteiger partial charge in [0, 0.05) is 12.7 Å². The van der Waals surface area contributed by atoms with Crippen LogP contribution in [0.4, 0.5) is 0 Å². The summed E-state index contributed by atoms with van der Waals surface area (Å²) < 4.78 is 0. The van der Waals surface area contributed by atoms with Crippen molar-refractivity contribution in [3.8, 4) is 0 Å². The van der Waals surface area contributed by atoms with Crippen molar-refractivity contribution in [2.24, 2.45) is 5.41 Å². The summed E-state index contributed by atoms with van der Waals surface area (Å²) in [7, 11) is 1.88. The van der Waals surface area contributed by atoms with Gasteiger partial charge in [-0.15, -0.1) is 0 Å². The fourth-order valence-corrected chi connectivity index (χ4v) is 2.50. The van der Waals surface area contributed by atoms with Crippen molar-refractivity contribution < 1.29 is 4.79 Å². The minimum atomic E-state index is 0.141. The Kier molecular flexibility index (Phi) is 3.99. The Balaban J connectivity index is 2.97. The predicted octanol–water partition coefficient (Wildman–Crippen LogP) is 3.32. The molecule has 0 bridgehead atoms. The number of halogens is 1. The molecule has 3 heteroatoms. The van der Waals surface area contributed by atoms with Gasteiger partial charge < -0.3 is 4.90 Å². The molecule has 0 atom stereocenters. The zero-order valence-electron chi connectivity index (χ0n) is 10.1. The van der Waals surface area contributed by atoms with Gasteiger partial charge in [-0.3, -0.25) is 4.79 Å². The summed E-state index contributed by atoms with van der Waals surface area (Å²) in [6.07, 6.45) is 3.43. The van der Waals surface area contributed by atoms with Crippen molar-refractivity contribution >= 4 is 21.8 Å². The van der Waals surface area contributed by atoms with E-state index in [1.54, 1.807) is 0 Å². The van der Waals surface area contributed by atoms with Crippen LogP contribution in [0.1, 0.15) is 40.0 Å². The smallest absolute Gasteiger partial charge is 0.237 e. The quantitative estimate of drug-likeness (QED) is 0.707. The molecular formula is C12H20BrNO. The SMILES string of the molecule is CC1=C(N(C)C(=O)CBr)CCCC1(C)C. The van der Waals surface area contributed by atoms with Crippen LogP contribution < -0.4 is 0 Å². The molecule has 0 saturated carbocycles. The van der Waals surface area contributed by atoms with Crippen molar-refractivity contribution in [3.63, 3.8) is 0 Å². The Hall–Kier alpha value is -0.310. The highest BCUT2D eigenvalue weighted by Crippen LogP contribution is 2.40. The fraction of sp³-hybridized carbons (Fsp3) is 0.750. The summed E-state index contributed by atoms with van der Waals surface area (Å²) in [5, 5.41) is 0.403. The maximum atomic E-state index is 11.6. The Bertz CT molecular complexity index is 294. The second-order valence-electron chi connectivity index (χ2n) is 4.90. The molecule has 2 nitrogen and oxygen atoms in total. The third kappa shape index (κ3) is 2.63. The molecule has 0 unspecified atom stereocenters. The molecule has 86 valence electrons. The predicted molar refractivity (Wildman–Crippen MR) is 66.9 cm³/mol. The largest absolute Gasteiger partial charge is 0.319 e. The van der Waals surface area contributed by atoms with E-state index in [0.717, 1.165) is 6.42 Å². The standard InChI is InChI=1S/C12H20BrNO/c1-9-10(14(4)11(15)8-13)6-5-7-12(9,2)3/h5-8H2,1-4H3. The third-order valence-electron chi connectivity index (χ3n) is 3.56. The molecule has 0 fully saturated rings. The fourth-order valence-electron chi connectivity index (χ4n) is 2.12. The zero-order valence-corrected chi connectivity index (χ0v) is 11.6. The minimum Gasteiger partial charge on any atom is -0.319 e. The van der Waals surface area contributed by atoms with Gasteiger partial charge in [-0.05, 0) is 37.2 Å². The number of rotatable bonds is 2. The molecule has 1 aliphatic carbocycles. The average molecular weight is 274 g/mol. The Morgan fingerprint density at radius 3 is 2.67 bits per heavy atom. The van der Waals surface area contributed by atoms with Crippen LogP contribution in [0.15, 0.2) is 11.3 Å². The maximum absolute atomic E-state index is 11.6. The summed E-state index contributed by atoms with van der Waals surface area (Å²) in [5.41, 5.74) is 2.83. The number of carbonyl (C=O) groups excluding carboxylic acids is 1. The minimum absolute atomic E-state index is 0.141. The number of nitrogens with zero attached hydrogens (tertiary/aromatic N) is 1. The lowest BCUT2D eigenvalue weighted by molar-refractivity contribution is -0.125. The molecular weight excluding hydrogens is 254 g/mol. The lowest BCUT2D eigenvalue weighted by Gasteiger charge is -2.36. The van der Waals surface area contributed by atoms with Gasteiger partial charge in [-0.1, -0.05) is 29.8 Å². The van der Waals surface area contributed by atoms with Crippen LogP contribution in [0.5, 0.6) is 0 Å². The highest BCUT2D eigenvalue weighted by Gasteiger charge is 2.29. The first-order chi connectivity index (χ1) is 6.90. The highest BCUT2D eigenvalue weighted by molar-refractivity contribution is 9.09. The molecule has 0 aromatic carbocycles. The van der Waals surface area contributed by atoms with Gasteiger partial charge in [0.15, 0.2) is 0 Å². The number of hydrogen-bond donors (Lipinski definition) is 0. The molecule has 0 aliphatic heterocycles. The normalized spacial score (nSPS) is 20.3. The maximum Gasteiger partial charge on any atom is 0.237 e. The van der Waals surface area contributed by atoms with Crippen LogP contribution in [0, 0.1) is 5.41 Å². The molecule has 1 aliphatic rings. The molecule has 0 N–H and O–H groups in total. The van der Waals surface area contributed by atoms with E-state index < -0.39 is 0 Å². The number of allylic oxidation sites excluding steroid dienone is 2. The van der Waals surface area contributed by atoms with Crippen molar-refractivity contribution in [2.45, 2.75) is 40.0 Å². The summed E-state index contributed by atoms with van der Waals surface area (Å²) in [6, 6.07) is 0. The van der Waals surface area contributed by atoms with Crippen LogP contribution in [-0.4, -0.2) is 23.2 Å². The molecule has 15 heavy (non-hydrogen) atoms. The Morgan fingerprint density at radius 2 is 2.13 bits per heavy atom. The number of alkyl halides is 1. The van der Waals surface area contributed by atoms with Gasteiger partial charge in [0.25, 0.3) is 0 Å². The van der Waals surface area contributed by atoms with E-state index in [1.165, 1.54) is 24.1 Å². The Labute approximate surface area is 101 Å². The van der Waals surface area contributed by atoms with E-state index in [2.05, 4.69) is 36.7 Å². The second kappa shape index (κ2) is 4.69. The summed E-state index contributed by atoms with van der Waals surface area (Å²) in [5.74, 6) is 0.141. The lowest BCUT2D eigenvalue weighted by atomic mass is 9.75. The molecule has 0 heterocycles. The first-order valence-electron chi connectivity index (χ1n) is 5.43. The van der Waals surface area contributed by atoms with E-state index in [4.69, 9.17) is 0 Å². The monoisotopic (exact) mass is 273 g/mol. The van der Waals surface area contributed by atoms with Crippen LogP contribution in [-0.2, 0) is 4.79 Å². The third-order valence-corrected chi connectivity index (χ3v) is 4.04. The Morgan fingerprint density at radius 1 is 1.53 bits per heavy atom. The van der Waals surface area contributed by atoms with Crippen molar-refractivity contribution in [2.75, 3.05) is 12.4 Å². The number of amides is 1. The zero-order chi connectivity index (χ0) is 11.6. The van der Waals surface area contributed by atoms with Gasteiger partial charge >= 0.3 is 0 Å². The van der Waals surface area contributed by atoms with Crippen molar-refractivity contribution in [3.05, 3.63) is 11.3 Å². The number of carbonyl (C=O) groups is 1. The van der Waals surface area contributed by atoms with E-state index in [9.17, 15) is 4.79 Å². The van der Waals surface area contributed by atoms with Crippen molar-refractivity contribution in [1.82, 2.24) is 4.90 Å². The van der Waals surface area contributed by atoms with Gasteiger partial charge in [0.1, 0.15) is 0 Å².